The number of cyclic esters (lactones) is 2. The molecule has 1 aliphatic carbocycles. The van der Waals surface area contributed by atoms with E-state index in [0.29, 0.717) is 0 Å². The topological polar surface area (TPSA) is 43.4 Å². The van der Waals surface area contributed by atoms with Gasteiger partial charge in [-0.25, -0.2) is 0 Å². The molecule has 0 aromatic rings. The number of carbonyl (C=O) groups is 2. The number of hydrogen-bond donors (Lipinski definition) is 0. The quantitative estimate of drug-likeness (QED) is 0.321. The van der Waals surface area contributed by atoms with Crippen LogP contribution >= 0.6 is 0 Å². The highest BCUT2D eigenvalue weighted by molar-refractivity contribution is 5.99. The molecule has 0 bridgehead atoms. The zero-order valence-electron chi connectivity index (χ0n) is 7.61. The van der Waals surface area contributed by atoms with E-state index in [9.17, 15) is 9.59 Å². The van der Waals surface area contributed by atoms with Crippen LogP contribution in [0.4, 0.5) is 0 Å². The van der Waals surface area contributed by atoms with Gasteiger partial charge in [-0.05, 0) is 13.0 Å². The van der Waals surface area contributed by atoms with E-state index < -0.39 is 23.8 Å². The van der Waals surface area contributed by atoms with Crippen LogP contribution in [-0.2, 0) is 14.3 Å². The first-order valence-electron chi connectivity index (χ1n) is 4.30. The normalized spacial score (nSPS) is 28.8. The summed E-state index contributed by atoms with van der Waals surface area (Å²) in [5, 5.41) is 0. The molecule has 1 aliphatic heterocycles. The van der Waals surface area contributed by atoms with Crippen LogP contribution in [0.5, 0.6) is 0 Å². The van der Waals surface area contributed by atoms with Gasteiger partial charge in [0.25, 0.3) is 0 Å². The Morgan fingerprint density at radius 3 is 2.71 bits per heavy atom. The fourth-order valence-corrected chi connectivity index (χ4v) is 1.58. The summed E-state index contributed by atoms with van der Waals surface area (Å²) in [4.78, 5) is 22.3. The number of ether oxygens (including phenoxy) is 1. The molecule has 14 heavy (non-hydrogen) atoms. The van der Waals surface area contributed by atoms with Gasteiger partial charge in [0.15, 0.2) is 0 Å². The Balaban J connectivity index is 2.33. The third kappa shape index (κ3) is 1.25. The first-order valence-corrected chi connectivity index (χ1v) is 4.30. The zero-order valence-corrected chi connectivity index (χ0v) is 7.61. The van der Waals surface area contributed by atoms with Crippen LogP contribution < -0.4 is 0 Å². The smallest absolute Gasteiger partial charge is 0.321 e. The Hall–Kier alpha value is -1.82. The second-order valence-corrected chi connectivity index (χ2v) is 3.15. The van der Waals surface area contributed by atoms with Crippen LogP contribution in [0.25, 0.3) is 0 Å². The van der Waals surface area contributed by atoms with Gasteiger partial charge < -0.3 is 4.74 Å². The molecule has 0 saturated carbocycles. The standard InChI is InChI=1S/C11H8O3/c1-2-3-7-4-5-8-9(6-7)11(13)14-10(8)12/h4-6,8-9H,1H3. The van der Waals surface area contributed by atoms with Crippen molar-refractivity contribution in [3.05, 3.63) is 23.8 Å². The van der Waals surface area contributed by atoms with Gasteiger partial charge in [-0.2, -0.15) is 0 Å². The minimum atomic E-state index is -0.472. The molecule has 0 N–H and O–H groups in total. The second-order valence-electron chi connectivity index (χ2n) is 3.15. The molecule has 0 aromatic carbocycles. The molecule has 0 aromatic heterocycles. The van der Waals surface area contributed by atoms with Crippen molar-refractivity contribution in [2.24, 2.45) is 11.8 Å². The summed E-state index contributed by atoms with van der Waals surface area (Å²) in [6, 6.07) is 0. The lowest BCUT2D eigenvalue weighted by Gasteiger charge is -2.09. The maximum atomic E-state index is 11.2. The molecular weight excluding hydrogens is 180 g/mol. The predicted octanol–water partition coefficient (Wildman–Crippen LogP) is 0.822. The minimum absolute atomic E-state index is 0.440. The molecule has 1 heterocycles. The van der Waals surface area contributed by atoms with Crippen molar-refractivity contribution in [1.82, 2.24) is 0 Å². The van der Waals surface area contributed by atoms with E-state index in [1.807, 2.05) is 0 Å². The monoisotopic (exact) mass is 188 g/mol. The van der Waals surface area contributed by atoms with E-state index >= 15 is 0 Å². The van der Waals surface area contributed by atoms with Crippen LogP contribution in [0.2, 0.25) is 0 Å². The molecule has 1 saturated heterocycles. The third-order valence-corrected chi connectivity index (χ3v) is 2.24. The van der Waals surface area contributed by atoms with E-state index in [-0.39, 0.29) is 0 Å². The first kappa shape index (κ1) is 8.76. The Morgan fingerprint density at radius 1 is 1.29 bits per heavy atom. The number of hydrogen-bond acceptors (Lipinski definition) is 3. The fraction of sp³-hybridized carbons (Fsp3) is 0.273. The van der Waals surface area contributed by atoms with Crippen LogP contribution in [0, 0.1) is 23.7 Å². The van der Waals surface area contributed by atoms with Gasteiger partial charge in [-0.1, -0.05) is 18.1 Å². The lowest BCUT2D eigenvalue weighted by Crippen LogP contribution is -2.16. The Morgan fingerprint density at radius 2 is 2.00 bits per heavy atom. The highest BCUT2D eigenvalue weighted by Crippen LogP contribution is 2.30. The van der Waals surface area contributed by atoms with E-state index in [4.69, 9.17) is 0 Å². The first-order chi connectivity index (χ1) is 6.72. The minimum Gasteiger partial charge on any atom is -0.392 e. The lowest BCUT2D eigenvalue weighted by atomic mass is 9.88. The summed E-state index contributed by atoms with van der Waals surface area (Å²) < 4.78 is 4.51. The summed E-state index contributed by atoms with van der Waals surface area (Å²) in [6.07, 6.45) is 5.11. The summed E-state index contributed by atoms with van der Waals surface area (Å²) in [7, 11) is 0. The van der Waals surface area contributed by atoms with Crippen molar-refractivity contribution in [3.63, 3.8) is 0 Å². The van der Waals surface area contributed by atoms with Gasteiger partial charge >= 0.3 is 11.9 Å². The number of rotatable bonds is 0. The molecule has 1 fully saturated rings. The second kappa shape index (κ2) is 3.15. The SMILES string of the molecule is CC#CC1=CC2C(=O)OC(=O)C2C=C1. The summed E-state index contributed by atoms with van der Waals surface area (Å²) in [5.74, 6) is 3.73. The average molecular weight is 188 g/mol. The van der Waals surface area contributed by atoms with E-state index in [0.717, 1.165) is 5.57 Å². The van der Waals surface area contributed by atoms with Crippen molar-refractivity contribution in [1.29, 1.82) is 0 Å². The maximum absolute atomic E-state index is 11.2. The number of fused-ring (bicyclic) bond motifs is 1. The molecule has 3 nitrogen and oxygen atoms in total. The molecule has 2 rings (SSSR count). The van der Waals surface area contributed by atoms with Gasteiger partial charge in [0, 0.05) is 5.57 Å². The van der Waals surface area contributed by atoms with Gasteiger partial charge in [-0.15, -0.1) is 5.92 Å². The van der Waals surface area contributed by atoms with Gasteiger partial charge in [0.05, 0.1) is 11.8 Å². The molecular formula is C11H8O3. The van der Waals surface area contributed by atoms with Crippen molar-refractivity contribution >= 4 is 11.9 Å². The molecule has 70 valence electrons. The number of allylic oxidation sites excluding steroid dienone is 2. The fourth-order valence-electron chi connectivity index (χ4n) is 1.58. The largest absolute Gasteiger partial charge is 0.392 e. The van der Waals surface area contributed by atoms with E-state index in [2.05, 4.69) is 16.6 Å². The third-order valence-electron chi connectivity index (χ3n) is 2.24. The molecule has 0 radical (unpaired) electrons. The van der Waals surface area contributed by atoms with Crippen molar-refractivity contribution in [2.45, 2.75) is 6.92 Å². The molecule has 0 spiro atoms. The Kier molecular flexibility index (Phi) is 1.97. The Bertz CT molecular complexity index is 418. The van der Waals surface area contributed by atoms with Crippen LogP contribution in [0.1, 0.15) is 6.92 Å². The summed E-state index contributed by atoms with van der Waals surface area (Å²) >= 11 is 0. The predicted molar refractivity (Wildman–Crippen MR) is 48.8 cm³/mol. The Labute approximate surface area is 81.4 Å². The van der Waals surface area contributed by atoms with E-state index in [1.54, 1.807) is 25.2 Å². The highest BCUT2D eigenvalue weighted by Gasteiger charge is 2.42. The van der Waals surface area contributed by atoms with Gasteiger partial charge in [-0.3, -0.25) is 9.59 Å². The van der Waals surface area contributed by atoms with Gasteiger partial charge in [0.1, 0.15) is 0 Å². The molecule has 3 heteroatoms. The lowest BCUT2D eigenvalue weighted by molar-refractivity contribution is -0.153. The molecule has 2 aliphatic rings. The average Bonchev–Trinajstić information content (AvgIpc) is 2.43. The zero-order chi connectivity index (χ0) is 10.1. The van der Waals surface area contributed by atoms with Crippen molar-refractivity contribution in [3.8, 4) is 11.8 Å². The van der Waals surface area contributed by atoms with Crippen LogP contribution in [0.15, 0.2) is 23.8 Å². The van der Waals surface area contributed by atoms with Crippen molar-refractivity contribution in [2.75, 3.05) is 0 Å². The molecule has 2 atom stereocenters. The summed E-state index contributed by atoms with van der Waals surface area (Å²) in [5.41, 5.74) is 0.764. The number of carbonyl (C=O) groups excluding carboxylic acids is 2. The maximum Gasteiger partial charge on any atom is 0.321 e. The highest BCUT2D eigenvalue weighted by atomic mass is 16.6. The molecule has 0 amide bonds. The number of esters is 2. The van der Waals surface area contributed by atoms with Gasteiger partial charge in [0.2, 0.25) is 0 Å². The van der Waals surface area contributed by atoms with E-state index in [1.165, 1.54) is 0 Å². The van der Waals surface area contributed by atoms with Crippen LogP contribution in [0.3, 0.4) is 0 Å². The summed E-state index contributed by atoms with van der Waals surface area (Å²) in [6.45, 7) is 1.72. The molecule has 2 unspecified atom stereocenters. The van der Waals surface area contributed by atoms with Crippen LogP contribution in [-0.4, -0.2) is 11.9 Å². The van der Waals surface area contributed by atoms with Crippen molar-refractivity contribution < 1.29 is 14.3 Å².